The summed E-state index contributed by atoms with van der Waals surface area (Å²) in [6, 6.07) is 6.80. The molecule has 1 N–H and O–H groups in total. The van der Waals surface area contributed by atoms with Gasteiger partial charge in [-0.05, 0) is 56.9 Å². The molecule has 0 spiro atoms. The Morgan fingerprint density at radius 3 is 2.47 bits per heavy atom. The summed E-state index contributed by atoms with van der Waals surface area (Å²) < 4.78 is 5.53. The van der Waals surface area contributed by atoms with Crippen molar-refractivity contribution in [3.05, 3.63) is 23.8 Å². The molecule has 0 heterocycles. The summed E-state index contributed by atoms with van der Waals surface area (Å²) >= 11 is 0. The van der Waals surface area contributed by atoms with Crippen LogP contribution in [0.1, 0.15) is 39.7 Å². The molecule has 0 aliphatic heterocycles. The molecular formula is C15H25NO. The average Bonchev–Trinajstić information content (AvgIpc) is 2.21. The van der Waals surface area contributed by atoms with Crippen molar-refractivity contribution in [2.75, 3.05) is 11.9 Å². The Kier molecular flexibility index (Phi) is 5.33. The smallest absolute Gasteiger partial charge is 0.122 e. The van der Waals surface area contributed by atoms with Gasteiger partial charge in [-0.15, -0.1) is 0 Å². The van der Waals surface area contributed by atoms with E-state index in [0.717, 1.165) is 18.3 Å². The highest BCUT2D eigenvalue weighted by atomic mass is 16.5. The van der Waals surface area contributed by atoms with Gasteiger partial charge in [-0.2, -0.15) is 0 Å². The molecule has 0 aliphatic rings. The highest BCUT2D eigenvalue weighted by Crippen LogP contribution is 2.23. The number of hydrogen-bond donors (Lipinski definition) is 1. The van der Waals surface area contributed by atoms with Gasteiger partial charge in [0.05, 0.1) is 6.61 Å². The zero-order valence-corrected chi connectivity index (χ0v) is 11.7. The van der Waals surface area contributed by atoms with Gasteiger partial charge >= 0.3 is 0 Å². The van der Waals surface area contributed by atoms with Crippen molar-refractivity contribution in [1.82, 2.24) is 0 Å². The first-order valence-electron chi connectivity index (χ1n) is 6.53. The van der Waals surface area contributed by atoms with E-state index in [0.29, 0.717) is 6.04 Å². The Bertz CT molecular complexity index is 347. The molecule has 0 aliphatic carbocycles. The van der Waals surface area contributed by atoms with Crippen LogP contribution in [0.4, 0.5) is 5.69 Å². The van der Waals surface area contributed by atoms with Gasteiger partial charge in [-0.25, -0.2) is 0 Å². The van der Waals surface area contributed by atoms with E-state index < -0.39 is 0 Å². The molecule has 0 radical (unpaired) electrons. The standard InChI is InChI=1S/C15H25NO/c1-6-17-15-8-7-14(10-12(15)4)16-13(5)9-11(2)3/h7-8,10-11,13,16H,6,9H2,1-5H3. The van der Waals surface area contributed by atoms with Crippen molar-refractivity contribution < 1.29 is 4.74 Å². The topological polar surface area (TPSA) is 21.3 Å². The van der Waals surface area contributed by atoms with Gasteiger partial charge in [0.15, 0.2) is 0 Å². The second kappa shape index (κ2) is 6.53. The van der Waals surface area contributed by atoms with Crippen molar-refractivity contribution in [1.29, 1.82) is 0 Å². The summed E-state index contributed by atoms with van der Waals surface area (Å²) in [7, 11) is 0. The third-order valence-electron chi connectivity index (χ3n) is 2.71. The fraction of sp³-hybridized carbons (Fsp3) is 0.600. The molecule has 0 bridgehead atoms. The van der Waals surface area contributed by atoms with Crippen LogP contribution in [-0.2, 0) is 0 Å². The molecule has 1 aromatic carbocycles. The number of nitrogens with one attached hydrogen (secondary N) is 1. The summed E-state index contributed by atoms with van der Waals surface area (Å²) in [5.74, 6) is 1.70. The maximum absolute atomic E-state index is 5.53. The summed E-state index contributed by atoms with van der Waals surface area (Å²) in [5, 5.41) is 3.53. The number of benzene rings is 1. The third-order valence-corrected chi connectivity index (χ3v) is 2.71. The van der Waals surface area contributed by atoms with Crippen molar-refractivity contribution in [2.24, 2.45) is 5.92 Å². The second-order valence-corrected chi connectivity index (χ2v) is 5.09. The Morgan fingerprint density at radius 1 is 1.24 bits per heavy atom. The van der Waals surface area contributed by atoms with Crippen LogP contribution >= 0.6 is 0 Å². The molecule has 1 atom stereocenters. The maximum Gasteiger partial charge on any atom is 0.122 e. The zero-order valence-electron chi connectivity index (χ0n) is 11.7. The molecule has 1 rings (SSSR count). The molecule has 1 aromatic rings. The number of ether oxygens (including phenoxy) is 1. The van der Waals surface area contributed by atoms with Gasteiger partial charge < -0.3 is 10.1 Å². The molecule has 96 valence electrons. The lowest BCUT2D eigenvalue weighted by atomic mass is 10.0. The minimum absolute atomic E-state index is 0.507. The fourth-order valence-corrected chi connectivity index (χ4v) is 2.11. The summed E-state index contributed by atoms with van der Waals surface area (Å²) in [4.78, 5) is 0. The van der Waals surface area contributed by atoms with E-state index in [1.165, 1.54) is 17.7 Å². The van der Waals surface area contributed by atoms with Gasteiger partial charge in [0.2, 0.25) is 0 Å². The molecule has 0 saturated carbocycles. The highest BCUT2D eigenvalue weighted by Gasteiger charge is 2.06. The van der Waals surface area contributed by atoms with Crippen molar-refractivity contribution in [3.63, 3.8) is 0 Å². The molecule has 0 fully saturated rings. The van der Waals surface area contributed by atoms with Gasteiger partial charge in [0.1, 0.15) is 5.75 Å². The van der Waals surface area contributed by atoms with E-state index in [1.54, 1.807) is 0 Å². The summed E-state index contributed by atoms with van der Waals surface area (Å²) in [5.41, 5.74) is 2.37. The van der Waals surface area contributed by atoms with E-state index in [9.17, 15) is 0 Å². The Labute approximate surface area is 105 Å². The van der Waals surface area contributed by atoms with E-state index in [1.807, 2.05) is 13.0 Å². The Balaban J connectivity index is 2.63. The van der Waals surface area contributed by atoms with Gasteiger partial charge in [0.25, 0.3) is 0 Å². The second-order valence-electron chi connectivity index (χ2n) is 5.09. The molecule has 1 unspecified atom stereocenters. The summed E-state index contributed by atoms with van der Waals surface area (Å²) in [6.45, 7) is 11.5. The van der Waals surface area contributed by atoms with Crippen molar-refractivity contribution in [3.8, 4) is 5.75 Å². The monoisotopic (exact) mass is 235 g/mol. The third kappa shape index (κ3) is 4.68. The fourth-order valence-electron chi connectivity index (χ4n) is 2.11. The molecule has 17 heavy (non-hydrogen) atoms. The zero-order chi connectivity index (χ0) is 12.8. The minimum Gasteiger partial charge on any atom is -0.494 e. The van der Waals surface area contributed by atoms with E-state index in [4.69, 9.17) is 4.74 Å². The molecule has 0 amide bonds. The van der Waals surface area contributed by atoms with Crippen LogP contribution in [0.2, 0.25) is 0 Å². The molecular weight excluding hydrogens is 210 g/mol. The van der Waals surface area contributed by atoms with Gasteiger partial charge in [-0.1, -0.05) is 13.8 Å². The predicted molar refractivity (Wildman–Crippen MR) is 74.9 cm³/mol. The number of anilines is 1. The first-order valence-corrected chi connectivity index (χ1v) is 6.53. The normalized spacial score (nSPS) is 12.6. The van der Waals surface area contributed by atoms with Crippen LogP contribution in [0.5, 0.6) is 5.75 Å². The first-order chi connectivity index (χ1) is 8.02. The highest BCUT2D eigenvalue weighted by molar-refractivity contribution is 5.51. The summed E-state index contributed by atoms with van der Waals surface area (Å²) in [6.07, 6.45) is 1.19. The Hall–Kier alpha value is -1.18. The molecule has 0 saturated heterocycles. The lowest BCUT2D eigenvalue weighted by Crippen LogP contribution is -2.17. The van der Waals surface area contributed by atoms with Crippen LogP contribution in [0.15, 0.2) is 18.2 Å². The molecule has 2 nitrogen and oxygen atoms in total. The SMILES string of the molecule is CCOc1ccc(NC(C)CC(C)C)cc1C. The van der Waals surface area contributed by atoms with Gasteiger partial charge in [0, 0.05) is 11.7 Å². The van der Waals surface area contributed by atoms with Gasteiger partial charge in [-0.3, -0.25) is 0 Å². The van der Waals surface area contributed by atoms with E-state index in [-0.39, 0.29) is 0 Å². The predicted octanol–water partition coefficient (Wildman–Crippen LogP) is 4.24. The maximum atomic E-state index is 5.53. The van der Waals surface area contributed by atoms with Crippen molar-refractivity contribution in [2.45, 2.75) is 47.1 Å². The lowest BCUT2D eigenvalue weighted by molar-refractivity contribution is 0.338. The van der Waals surface area contributed by atoms with Crippen molar-refractivity contribution >= 4 is 5.69 Å². The number of hydrogen-bond acceptors (Lipinski definition) is 2. The van der Waals surface area contributed by atoms with E-state index >= 15 is 0 Å². The van der Waals surface area contributed by atoms with Crippen LogP contribution in [-0.4, -0.2) is 12.6 Å². The first kappa shape index (κ1) is 13.9. The van der Waals surface area contributed by atoms with Crippen LogP contribution in [0.3, 0.4) is 0 Å². The van der Waals surface area contributed by atoms with Crippen LogP contribution in [0, 0.1) is 12.8 Å². The lowest BCUT2D eigenvalue weighted by Gasteiger charge is -2.18. The molecule has 2 heteroatoms. The molecule has 0 aromatic heterocycles. The average molecular weight is 235 g/mol. The Morgan fingerprint density at radius 2 is 1.94 bits per heavy atom. The number of aryl methyl sites for hydroxylation is 1. The van der Waals surface area contributed by atoms with E-state index in [2.05, 4.69) is 45.1 Å². The quantitative estimate of drug-likeness (QED) is 0.796. The van der Waals surface area contributed by atoms with Crippen LogP contribution < -0.4 is 10.1 Å². The largest absolute Gasteiger partial charge is 0.494 e. The van der Waals surface area contributed by atoms with Crippen LogP contribution in [0.25, 0.3) is 0 Å². The number of rotatable bonds is 6. The minimum atomic E-state index is 0.507.